The molecule has 2 rings (SSSR count). The van der Waals surface area contributed by atoms with Crippen LogP contribution in [0, 0.1) is 0 Å². The molecule has 0 bridgehead atoms. The molecule has 1 atom stereocenters. The predicted molar refractivity (Wildman–Crippen MR) is 67.1 cm³/mol. The van der Waals surface area contributed by atoms with Gasteiger partial charge < -0.3 is 4.74 Å². The summed E-state index contributed by atoms with van der Waals surface area (Å²) in [7, 11) is 0. The van der Waals surface area contributed by atoms with E-state index in [2.05, 4.69) is 9.80 Å². The summed E-state index contributed by atoms with van der Waals surface area (Å²) >= 11 is 0. The Morgan fingerprint density at radius 2 is 1.94 bits per heavy atom. The summed E-state index contributed by atoms with van der Waals surface area (Å²) in [5, 5.41) is 0. The zero-order chi connectivity index (χ0) is 12.8. The molecule has 0 aromatic carbocycles. The molecule has 3 nitrogen and oxygen atoms in total. The molecule has 0 saturated carbocycles. The molecule has 2 aliphatic heterocycles. The minimum absolute atomic E-state index is 0.427. The van der Waals surface area contributed by atoms with Crippen molar-refractivity contribution in [3.63, 3.8) is 0 Å². The first-order valence-electron chi connectivity index (χ1n) is 7.08. The van der Waals surface area contributed by atoms with Gasteiger partial charge in [-0.15, -0.1) is 0 Å². The van der Waals surface area contributed by atoms with Crippen molar-refractivity contribution in [2.45, 2.75) is 38.2 Å². The third kappa shape index (κ3) is 4.44. The van der Waals surface area contributed by atoms with Crippen molar-refractivity contribution >= 4 is 0 Å². The van der Waals surface area contributed by atoms with Gasteiger partial charge in [0.1, 0.15) is 6.61 Å². The highest BCUT2D eigenvalue weighted by atomic mass is 19.3. The van der Waals surface area contributed by atoms with E-state index >= 15 is 0 Å². The van der Waals surface area contributed by atoms with Crippen LogP contribution in [0.15, 0.2) is 0 Å². The smallest absolute Gasteiger partial charge is 0.261 e. The van der Waals surface area contributed by atoms with Gasteiger partial charge in [0.25, 0.3) is 6.43 Å². The van der Waals surface area contributed by atoms with E-state index < -0.39 is 13.0 Å². The number of hydrogen-bond acceptors (Lipinski definition) is 3. The van der Waals surface area contributed by atoms with E-state index in [0.717, 1.165) is 19.6 Å². The Morgan fingerprint density at radius 3 is 2.78 bits per heavy atom. The molecular formula is C13H24F2N2O. The van der Waals surface area contributed by atoms with Gasteiger partial charge >= 0.3 is 0 Å². The molecule has 106 valence electrons. The molecule has 0 radical (unpaired) electrons. The molecule has 2 fully saturated rings. The van der Waals surface area contributed by atoms with Gasteiger partial charge in [0.05, 0.1) is 6.61 Å². The number of halogens is 2. The van der Waals surface area contributed by atoms with Gasteiger partial charge in [0.15, 0.2) is 0 Å². The van der Waals surface area contributed by atoms with E-state index in [-0.39, 0.29) is 0 Å². The van der Waals surface area contributed by atoms with Crippen LogP contribution in [0.25, 0.3) is 0 Å². The summed E-state index contributed by atoms with van der Waals surface area (Å²) in [6.07, 6.45) is 2.79. The molecule has 0 amide bonds. The summed E-state index contributed by atoms with van der Waals surface area (Å²) in [6.45, 7) is 5.38. The number of fused-ring (bicyclic) bond motifs is 1. The standard InChI is InChI=1S/C13H24F2N2O/c14-13(15)11-18-9-8-16-5-3-7-17-6-2-1-4-12(17)10-16/h12-13H,1-11H2. The molecule has 0 N–H and O–H groups in total. The molecule has 1 unspecified atom stereocenters. The van der Waals surface area contributed by atoms with Crippen molar-refractivity contribution in [1.29, 1.82) is 0 Å². The van der Waals surface area contributed by atoms with Crippen molar-refractivity contribution in [2.75, 3.05) is 45.9 Å². The van der Waals surface area contributed by atoms with E-state index in [0.29, 0.717) is 12.6 Å². The third-order valence-electron chi connectivity index (χ3n) is 3.93. The summed E-state index contributed by atoms with van der Waals surface area (Å²) in [5.74, 6) is 0. The second-order valence-corrected chi connectivity index (χ2v) is 5.31. The summed E-state index contributed by atoms with van der Waals surface area (Å²) in [4.78, 5) is 4.98. The van der Waals surface area contributed by atoms with Crippen LogP contribution in [0.3, 0.4) is 0 Å². The molecule has 2 saturated heterocycles. The highest BCUT2D eigenvalue weighted by molar-refractivity contribution is 4.83. The first kappa shape index (κ1) is 14.2. The Bertz CT molecular complexity index is 241. The van der Waals surface area contributed by atoms with Gasteiger partial charge in [0.2, 0.25) is 0 Å². The summed E-state index contributed by atoms with van der Waals surface area (Å²) in [5.41, 5.74) is 0. The van der Waals surface area contributed by atoms with E-state index in [9.17, 15) is 8.78 Å². The molecule has 0 aromatic heterocycles. The molecule has 0 spiro atoms. The maximum absolute atomic E-state index is 11.9. The van der Waals surface area contributed by atoms with E-state index in [1.54, 1.807) is 0 Å². The lowest BCUT2D eigenvalue weighted by molar-refractivity contribution is 0.00860. The van der Waals surface area contributed by atoms with Crippen molar-refractivity contribution in [1.82, 2.24) is 9.80 Å². The predicted octanol–water partition coefficient (Wildman–Crippen LogP) is 1.83. The Labute approximate surface area is 108 Å². The highest BCUT2D eigenvalue weighted by Gasteiger charge is 2.26. The number of piperidine rings is 1. The van der Waals surface area contributed by atoms with Crippen LogP contribution in [0.5, 0.6) is 0 Å². The largest absolute Gasteiger partial charge is 0.374 e. The number of hydrogen-bond donors (Lipinski definition) is 0. The molecule has 18 heavy (non-hydrogen) atoms. The van der Waals surface area contributed by atoms with Crippen molar-refractivity contribution in [2.24, 2.45) is 0 Å². The fraction of sp³-hybridized carbons (Fsp3) is 1.00. The Balaban J connectivity index is 1.69. The monoisotopic (exact) mass is 262 g/mol. The summed E-state index contributed by atoms with van der Waals surface area (Å²) in [6, 6.07) is 0.677. The van der Waals surface area contributed by atoms with Gasteiger partial charge in [-0.2, -0.15) is 0 Å². The molecule has 2 heterocycles. The average molecular weight is 262 g/mol. The molecule has 2 aliphatic rings. The van der Waals surface area contributed by atoms with Crippen LogP contribution < -0.4 is 0 Å². The fourth-order valence-corrected chi connectivity index (χ4v) is 3.02. The van der Waals surface area contributed by atoms with Gasteiger partial charge in [0, 0.05) is 19.1 Å². The Hall–Kier alpha value is -0.260. The van der Waals surface area contributed by atoms with E-state index in [1.165, 1.54) is 38.8 Å². The van der Waals surface area contributed by atoms with Crippen molar-refractivity contribution in [3.05, 3.63) is 0 Å². The maximum atomic E-state index is 11.9. The number of rotatable bonds is 5. The van der Waals surface area contributed by atoms with Crippen LogP contribution in [-0.2, 0) is 4.74 Å². The van der Waals surface area contributed by atoms with Crippen LogP contribution >= 0.6 is 0 Å². The number of ether oxygens (including phenoxy) is 1. The van der Waals surface area contributed by atoms with Crippen molar-refractivity contribution in [3.8, 4) is 0 Å². The first-order valence-corrected chi connectivity index (χ1v) is 7.08. The zero-order valence-corrected chi connectivity index (χ0v) is 11.0. The fourth-order valence-electron chi connectivity index (χ4n) is 3.02. The lowest BCUT2D eigenvalue weighted by Gasteiger charge is -2.35. The van der Waals surface area contributed by atoms with Gasteiger partial charge in [-0.05, 0) is 38.9 Å². The van der Waals surface area contributed by atoms with Crippen LogP contribution in [0.4, 0.5) is 8.78 Å². The third-order valence-corrected chi connectivity index (χ3v) is 3.93. The number of alkyl halides is 2. The van der Waals surface area contributed by atoms with Crippen LogP contribution in [-0.4, -0.2) is 68.2 Å². The van der Waals surface area contributed by atoms with E-state index in [4.69, 9.17) is 4.74 Å². The Morgan fingerprint density at radius 1 is 1.11 bits per heavy atom. The molecule has 0 aromatic rings. The SMILES string of the molecule is FC(F)COCCN1CCCN2CCCCC2C1. The van der Waals surface area contributed by atoms with Crippen molar-refractivity contribution < 1.29 is 13.5 Å². The number of nitrogens with zero attached hydrogens (tertiary/aromatic N) is 2. The highest BCUT2D eigenvalue weighted by Crippen LogP contribution is 2.20. The molecule has 0 aliphatic carbocycles. The minimum Gasteiger partial charge on any atom is -0.374 e. The van der Waals surface area contributed by atoms with Crippen LogP contribution in [0.1, 0.15) is 25.7 Å². The van der Waals surface area contributed by atoms with Gasteiger partial charge in [-0.3, -0.25) is 9.80 Å². The minimum atomic E-state index is -2.34. The lowest BCUT2D eigenvalue weighted by Crippen LogP contribution is -2.44. The second-order valence-electron chi connectivity index (χ2n) is 5.31. The van der Waals surface area contributed by atoms with E-state index in [1.807, 2.05) is 0 Å². The molecular weight excluding hydrogens is 238 g/mol. The first-order chi connectivity index (χ1) is 8.75. The Kier molecular flexibility index (Phi) is 5.79. The van der Waals surface area contributed by atoms with Gasteiger partial charge in [-0.1, -0.05) is 6.42 Å². The maximum Gasteiger partial charge on any atom is 0.261 e. The second kappa shape index (κ2) is 7.36. The topological polar surface area (TPSA) is 15.7 Å². The normalized spacial score (nSPS) is 27.2. The zero-order valence-electron chi connectivity index (χ0n) is 11.0. The molecule has 5 heteroatoms. The average Bonchev–Trinajstić information content (AvgIpc) is 2.56. The lowest BCUT2D eigenvalue weighted by atomic mass is 10.0. The summed E-state index contributed by atoms with van der Waals surface area (Å²) < 4.78 is 28.9. The van der Waals surface area contributed by atoms with Crippen LogP contribution in [0.2, 0.25) is 0 Å². The van der Waals surface area contributed by atoms with Gasteiger partial charge in [-0.25, -0.2) is 8.78 Å². The quantitative estimate of drug-likeness (QED) is 0.703.